The fourth-order valence-corrected chi connectivity index (χ4v) is 4.69. The Labute approximate surface area is 182 Å². The van der Waals surface area contributed by atoms with E-state index >= 15 is 0 Å². The lowest BCUT2D eigenvalue weighted by Gasteiger charge is -2.06. The van der Waals surface area contributed by atoms with Gasteiger partial charge in [-0.3, -0.25) is 0 Å². The van der Waals surface area contributed by atoms with Crippen molar-refractivity contribution in [2.75, 3.05) is 0 Å². The van der Waals surface area contributed by atoms with E-state index in [4.69, 9.17) is 21.3 Å². The molecule has 0 saturated heterocycles. The third-order valence-corrected chi connectivity index (χ3v) is 6.61. The zero-order valence-corrected chi connectivity index (χ0v) is 18.4. The predicted octanol–water partition coefficient (Wildman–Crippen LogP) is 5.77. The first-order chi connectivity index (χ1) is 14.1. The second-order valence-corrected chi connectivity index (χ2v) is 8.69. The van der Waals surface area contributed by atoms with Crippen molar-refractivity contribution in [3.05, 3.63) is 76.0 Å². The highest BCUT2D eigenvalue weighted by Crippen LogP contribution is 2.29. The quantitative estimate of drug-likeness (QED) is 0.340. The summed E-state index contributed by atoms with van der Waals surface area (Å²) in [6.07, 6.45) is 0. The Morgan fingerprint density at radius 1 is 1.10 bits per heavy atom. The molecule has 0 fully saturated rings. The highest BCUT2D eigenvalue weighted by molar-refractivity contribution is 7.98. The van der Waals surface area contributed by atoms with Gasteiger partial charge >= 0.3 is 0 Å². The third-order valence-electron chi connectivity index (χ3n) is 4.38. The van der Waals surface area contributed by atoms with Gasteiger partial charge in [-0.25, -0.2) is 4.98 Å². The van der Waals surface area contributed by atoms with Gasteiger partial charge in [0.25, 0.3) is 0 Å². The first kappa shape index (κ1) is 19.9. The molecule has 0 atom stereocenters. The number of thiazole rings is 1. The molecule has 0 aliphatic heterocycles. The molecule has 2 aromatic heterocycles. The summed E-state index contributed by atoms with van der Waals surface area (Å²) in [6.45, 7) is 2.46. The van der Waals surface area contributed by atoms with Crippen molar-refractivity contribution in [2.45, 2.75) is 24.4 Å². The van der Waals surface area contributed by atoms with E-state index in [2.05, 4.69) is 34.6 Å². The first-order valence-electron chi connectivity index (χ1n) is 9.00. The van der Waals surface area contributed by atoms with Gasteiger partial charge in [0.05, 0.1) is 5.69 Å². The van der Waals surface area contributed by atoms with Crippen LogP contribution >= 0.6 is 34.7 Å². The van der Waals surface area contributed by atoms with Gasteiger partial charge in [-0.1, -0.05) is 47.6 Å². The molecule has 0 aliphatic carbocycles. The second-order valence-electron chi connectivity index (χ2n) is 6.45. The van der Waals surface area contributed by atoms with E-state index in [1.165, 1.54) is 11.1 Å². The summed E-state index contributed by atoms with van der Waals surface area (Å²) < 4.78 is 7.72. The van der Waals surface area contributed by atoms with Crippen LogP contribution in [0.3, 0.4) is 0 Å². The Morgan fingerprint density at radius 3 is 2.69 bits per heavy atom. The molecule has 29 heavy (non-hydrogen) atoms. The van der Waals surface area contributed by atoms with Crippen molar-refractivity contribution < 1.29 is 4.74 Å². The molecule has 0 unspecified atom stereocenters. The van der Waals surface area contributed by atoms with Gasteiger partial charge in [0, 0.05) is 28.8 Å². The summed E-state index contributed by atoms with van der Waals surface area (Å²) in [4.78, 5) is 4.78. The van der Waals surface area contributed by atoms with Gasteiger partial charge in [-0.15, -0.1) is 21.5 Å². The molecule has 0 saturated carbocycles. The predicted molar refractivity (Wildman–Crippen MR) is 119 cm³/mol. The van der Waals surface area contributed by atoms with Gasteiger partial charge < -0.3 is 9.30 Å². The van der Waals surface area contributed by atoms with Gasteiger partial charge in [-0.2, -0.15) is 0 Å². The van der Waals surface area contributed by atoms with E-state index in [0.717, 1.165) is 33.2 Å². The van der Waals surface area contributed by atoms with Crippen LogP contribution in [0.4, 0.5) is 0 Å². The Kier molecular flexibility index (Phi) is 6.18. The van der Waals surface area contributed by atoms with Crippen LogP contribution in [0.1, 0.15) is 17.1 Å². The standard InChI is InChI=1S/C21H19ClN4OS2/c1-14-5-3-4-6-18(14)20-23-16(12-28-20)13-29-21-25-24-19(26(21)2)11-27-17-9-7-15(22)8-10-17/h3-10,12H,11,13H2,1-2H3. The van der Waals surface area contributed by atoms with Crippen LogP contribution in [0.15, 0.2) is 59.1 Å². The Bertz CT molecular complexity index is 1110. The van der Waals surface area contributed by atoms with Crippen LogP contribution in [-0.2, 0) is 19.4 Å². The molecule has 0 N–H and O–H groups in total. The molecule has 148 valence electrons. The highest BCUT2D eigenvalue weighted by Gasteiger charge is 2.12. The van der Waals surface area contributed by atoms with Crippen LogP contribution in [0.5, 0.6) is 5.75 Å². The number of rotatable bonds is 7. The van der Waals surface area contributed by atoms with Crippen molar-refractivity contribution >= 4 is 34.7 Å². The highest BCUT2D eigenvalue weighted by atomic mass is 35.5. The molecule has 0 radical (unpaired) electrons. The van der Waals surface area contributed by atoms with Crippen molar-refractivity contribution in [1.29, 1.82) is 0 Å². The average molecular weight is 443 g/mol. The van der Waals surface area contributed by atoms with Crippen molar-refractivity contribution in [3.63, 3.8) is 0 Å². The maximum absolute atomic E-state index is 5.90. The summed E-state index contributed by atoms with van der Waals surface area (Å²) in [7, 11) is 1.95. The summed E-state index contributed by atoms with van der Waals surface area (Å²) in [5.41, 5.74) is 3.47. The molecule has 0 spiro atoms. The SMILES string of the molecule is Cc1ccccc1-c1nc(CSc2nnc(COc3ccc(Cl)cc3)n2C)cs1. The number of ether oxygens (including phenoxy) is 1. The molecule has 0 aliphatic rings. The number of benzene rings is 2. The Hall–Kier alpha value is -2.35. The van der Waals surface area contributed by atoms with E-state index in [0.29, 0.717) is 11.6 Å². The topological polar surface area (TPSA) is 52.8 Å². The van der Waals surface area contributed by atoms with Crippen LogP contribution < -0.4 is 4.74 Å². The zero-order chi connectivity index (χ0) is 20.2. The minimum atomic E-state index is 0.347. The smallest absolute Gasteiger partial charge is 0.191 e. The molecule has 4 aromatic rings. The van der Waals surface area contributed by atoms with Crippen molar-refractivity contribution in [2.24, 2.45) is 7.05 Å². The number of hydrogen-bond acceptors (Lipinski definition) is 6. The largest absolute Gasteiger partial charge is 0.486 e. The maximum Gasteiger partial charge on any atom is 0.191 e. The van der Waals surface area contributed by atoms with Crippen molar-refractivity contribution in [3.8, 4) is 16.3 Å². The van der Waals surface area contributed by atoms with Gasteiger partial charge in [-0.05, 0) is 36.8 Å². The van der Waals surface area contributed by atoms with E-state index in [-0.39, 0.29) is 0 Å². The fourth-order valence-electron chi connectivity index (χ4n) is 2.72. The van der Waals surface area contributed by atoms with E-state index < -0.39 is 0 Å². The monoisotopic (exact) mass is 442 g/mol. The molecule has 0 bridgehead atoms. The number of thioether (sulfide) groups is 1. The lowest BCUT2D eigenvalue weighted by Crippen LogP contribution is -2.04. The molecule has 0 amide bonds. The van der Waals surface area contributed by atoms with E-state index in [9.17, 15) is 0 Å². The number of aromatic nitrogens is 4. The van der Waals surface area contributed by atoms with Crippen LogP contribution in [0.25, 0.3) is 10.6 Å². The summed E-state index contributed by atoms with van der Waals surface area (Å²) >= 11 is 9.19. The zero-order valence-electron chi connectivity index (χ0n) is 16.0. The number of nitrogens with zero attached hydrogens (tertiary/aromatic N) is 4. The lowest BCUT2D eigenvalue weighted by molar-refractivity contribution is 0.290. The molecule has 8 heteroatoms. The van der Waals surface area contributed by atoms with E-state index in [1.54, 1.807) is 35.2 Å². The fraction of sp³-hybridized carbons (Fsp3) is 0.190. The first-order valence-corrected chi connectivity index (χ1v) is 11.2. The molecular formula is C21H19ClN4OS2. The minimum absolute atomic E-state index is 0.347. The van der Waals surface area contributed by atoms with Gasteiger partial charge in [0.2, 0.25) is 0 Å². The lowest BCUT2D eigenvalue weighted by atomic mass is 10.1. The second kappa shape index (κ2) is 8.98. The van der Waals surface area contributed by atoms with Crippen molar-refractivity contribution in [1.82, 2.24) is 19.7 Å². The van der Waals surface area contributed by atoms with Gasteiger partial charge in [0.1, 0.15) is 17.4 Å². The van der Waals surface area contributed by atoms with E-state index in [1.807, 2.05) is 35.9 Å². The summed E-state index contributed by atoms with van der Waals surface area (Å²) in [5, 5.41) is 13.2. The number of aryl methyl sites for hydroxylation is 1. The molecule has 2 heterocycles. The average Bonchev–Trinajstić information content (AvgIpc) is 3.33. The summed E-state index contributed by atoms with van der Waals surface area (Å²) in [5.74, 6) is 2.26. The molecule has 4 rings (SSSR count). The van der Waals surface area contributed by atoms with Gasteiger partial charge in [0.15, 0.2) is 11.0 Å². The molecule has 2 aromatic carbocycles. The minimum Gasteiger partial charge on any atom is -0.486 e. The normalized spacial score (nSPS) is 11.0. The molecule has 5 nitrogen and oxygen atoms in total. The number of halogens is 1. The molecular weight excluding hydrogens is 424 g/mol. The Balaban J connectivity index is 1.37. The number of hydrogen-bond donors (Lipinski definition) is 0. The van der Waals surface area contributed by atoms with Crippen LogP contribution in [0, 0.1) is 6.92 Å². The van der Waals surface area contributed by atoms with Crippen LogP contribution in [0.2, 0.25) is 5.02 Å². The van der Waals surface area contributed by atoms with Crippen LogP contribution in [-0.4, -0.2) is 19.7 Å². The third kappa shape index (κ3) is 4.80. The Morgan fingerprint density at radius 2 is 1.90 bits per heavy atom. The summed E-state index contributed by atoms with van der Waals surface area (Å²) in [6, 6.07) is 15.6. The maximum atomic E-state index is 5.90.